The van der Waals surface area contributed by atoms with Crippen LogP contribution in [-0.2, 0) is 4.79 Å². The Morgan fingerprint density at radius 2 is 1.56 bits per heavy atom. The minimum absolute atomic E-state index is 0.296. The van der Waals surface area contributed by atoms with Crippen molar-refractivity contribution in [3.8, 4) is 5.75 Å². The van der Waals surface area contributed by atoms with Crippen LogP contribution in [0.5, 0.6) is 5.75 Å². The molecule has 0 aliphatic carbocycles. The molecule has 0 saturated heterocycles. The number of nitrogens with zero attached hydrogens (tertiary/aromatic N) is 1. The van der Waals surface area contributed by atoms with Crippen molar-refractivity contribution < 1.29 is 14.3 Å². The van der Waals surface area contributed by atoms with E-state index < -0.39 is 12.0 Å². The minimum Gasteiger partial charge on any atom is -0.423 e. The van der Waals surface area contributed by atoms with Gasteiger partial charge in [0.1, 0.15) is 5.75 Å². The van der Waals surface area contributed by atoms with Crippen molar-refractivity contribution in [3.05, 3.63) is 71.2 Å². The molecule has 6 heteroatoms. The first-order valence-electron chi connectivity index (χ1n) is 7.53. The minimum atomic E-state index is -0.882. The van der Waals surface area contributed by atoms with Crippen molar-refractivity contribution in [1.29, 1.82) is 0 Å². The van der Waals surface area contributed by atoms with Gasteiger partial charge in [-0.25, -0.2) is 4.79 Å². The molecule has 0 saturated carbocycles. The first-order valence-corrected chi connectivity index (χ1v) is 8.34. The lowest BCUT2D eigenvalue weighted by Gasteiger charge is -2.06. The van der Waals surface area contributed by atoms with Gasteiger partial charge in [0.05, 0.1) is 0 Å². The molecule has 0 N–H and O–H groups in total. The van der Waals surface area contributed by atoms with E-state index in [0.29, 0.717) is 16.9 Å². The van der Waals surface area contributed by atoms with E-state index in [0.717, 1.165) is 9.79 Å². The first-order chi connectivity index (χ1) is 11.9. The first kappa shape index (κ1) is 18.6. The highest BCUT2D eigenvalue weighted by molar-refractivity contribution is 7.99. The van der Waals surface area contributed by atoms with Crippen LogP contribution in [0.1, 0.15) is 24.2 Å². The van der Waals surface area contributed by atoms with Gasteiger partial charge in [-0.2, -0.15) is 4.91 Å². The maximum absolute atomic E-state index is 11.9. The molecular weight excluding hydrogens is 338 g/mol. The van der Waals surface area contributed by atoms with Crippen LogP contribution in [0.3, 0.4) is 0 Å². The van der Waals surface area contributed by atoms with E-state index in [9.17, 15) is 14.5 Å². The zero-order valence-corrected chi connectivity index (χ0v) is 14.7. The Labute approximate surface area is 150 Å². The Morgan fingerprint density at radius 1 is 1.04 bits per heavy atom. The van der Waals surface area contributed by atoms with Gasteiger partial charge in [0.25, 0.3) is 0 Å². The molecule has 2 aromatic rings. The molecule has 2 aromatic carbocycles. The number of carbonyl (C=O) groups is 2. The third kappa shape index (κ3) is 5.12. The summed E-state index contributed by atoms with van der Waals surface area (Å²) in [6.45, 7) is 6.60. The van der Waals surface area contributed by atoms with Crippen molar-refractivity contribution in [2.75, 3.05) is 0 Å². The number of rotatable bonds is 7. The van der Waals surface area contributed by atoms with Crippen LogP contribution in [-0.4, -0.2) is 17.8 Å². The smallest absolute Gasteiger partial charge is 0.338 e. The van der Waals surface area contributed by atoms with Gasteiger partial charge in [0.15, 0.2) is 11.8 Å². The fourth-order valence-corrected chi connectivity index (χ4v) is 2.70. The van der Waals surface area contributed by atoms with E-state index in [1.54, 1.807) is 31.2 Å². The SMILES string of the molecule is C=C(C)C(=O)Oc1ccc(Sc2ccc(C(=O)C(C)N=O)cc2)cc1. The molecule has 0 spiro atoms. The van der Waals surface area contributed by atoms with Crippen molar-refractivity contribution in [2.45, 2.75) is 29.7 Å². The zero-order valence-electron chi connectivity index (χ0n) is 13.9. The van der Waals surface area contributed by atoms with Crippen LogP contribution in [0.25, 0.3) is 0 Å². The number of carbonyl (C=O) groups excluding carboxylic acids is 2. The monoisotopic (exact) mass is 355 g/mol. The highest BCUT2D eigenvalue weighted by Crippen LogP contribution is 2.29. The second-order valence-electron chi connectivity index (χ2n) is 5.41. The summed E-state index contributed by atoms with van der Waals surface area (Å²) in [6.07, 6.45) is 0. The van der Waals surface area contributed by atoms with Crippen LogP contribution < -0.4 is 4.74 Å². The van der Waals surface area contributed by atoms with Crippen LogP contribution in [0.2, 0.25) is 0 Å². The van der Waals surface area contributed by atoms with Gasteiger partial charge in [-0.1, -0.05) is 35.7 Å². The summed E-state index contributed by atoms with van der Waals surface area (Å²) in [5.41, 5.74) is 0.797. The van der Waals surface area contributed by atoms with Crippen LogP contribution in [0, 0.1) is 4.91 Å². The second-order valence-corrected chi connectivity index (χ2v) is 6.56. The molecule has 25 heavy (non-hydrogen) atoms. The van der Waals surface area contributed by atoms with E-state index in [4.69, 9.17) is 4.74 Å². The number of ketones is 1. The van der Waals surface area contributed by atoms with Crippen molar-refractivity contribution >= 4 is 23.5 Å². The predicted octanol–water partition coefficient (Wildman–Crippen LogP) is 4.66. The van der Waals surface area contributed by atoms with Crippen molar-refractivity contribution in [1.82, 2.24) is 0 Å². The van der Waals surface area contributed by atoms with Gasteiger partial charge in [0.2, 0.25) is 0 Å². The topological polar surface area (TPSA) is 72.8 Å². The summed E-state index contributed by atoms with van der Waals surface area (Å²) in [4.78, 5) is 35.7. The lowest BCUT2D eigenvalue weighted by Crippen LogP contribution is -2.13. The molecule has 0 bridgehead atoms. The van der Waals surface area contributed by atoms with E-state index in [1.165, 1.54) is 18.7 Å². The number of esters is 1. The molecule has 1 unspecified atom stereocenters. The predicted molar refractivity (Wildman–Crippen MR) is 97.0 cm³/mol. The average molecular weight is 355 g/mol. The number of nitroso groups, excluding NO2 is 1. The summed E-state index contributed by atoms with van der Waals surface area (Å²) < 4.78 is 5.14. The molecule has 0 fully saturated rings. The molecule has 128 valence electrons. The largest absolute Gasteiger partial charge is 0.423 e. The van der Waals surface area contributed by atoms with E-state index >= 15 is 0 Å². The van der Waals surface area contributed by atoms with E-state index in [-0.39, 0.29) is 5.78 Å². The molecule has 1 atom stereocenters. The van der Waals surface area contributed by atoms with Gasteiger partial charge in [-0.05, 0) is 50.2 Å². The molecule has 2 rings (SSSR count). The third-order valence-electron chi connectivity index (χ3n) is 3.29. The Bertz CT molecular complexity index is 797. The molecule has 0 amide bonds. The van der Waals surface area contributed by atoms with Crippen LogP contribution in [0.4, 0.5) is 0 Å². The molecular formula is C19H17NO4S. The molecule has 0 radical (unpaired) electrons. The Morgan fingerprint density at radius 3 is 2.04 bits per heavy atom. The standard InChI is InChI=1S/C19H17NO4S/c1-12(2)19(22)24-15-6-10-17(11-7-15)25-16-8-4-14(5-9-16)18(21)13(3)20-23/h4-11,13H,1H2,2-3H3. The van der Waals surface area contributed by atoms with Gasteiger partial charge in [-0.15, -0.1) is 0 Å². The molecule has 0 aromatic heterocycles. The van der Waals surface area contributed by atoms with Crippen LogP contribution >= 0.6 is 11.8 Å². The highest BCUT2D eigenvalue weighted by Gasteiger charge is 2.15. The zero-order chi connectivity index (χ0) is 18.4. The summed E-state index contributed by atoms with van der Waals surface area (Å²) in [6, 6.07) is 13.2. The number of Topliss-reactive ketones (excluding diaryl/α,β-unsaturated/α-hetero) is 1. The fourth-order valence-electron chi connectivity index (χ4n) is 1.88. The Kier molecular flexibility index (Phi) is 6.25. The number of ether oxygens (including phenoxy) is 1. The Balaban J connectivity index is 2.02. The van der Waals surface area contributed by atoms with E-state index in [2.05, 4.69) is 11.8 Å². The number of hydrogen-bond donors (Lipinski definition) is 0. The van der Waals surface area contributed by atoms with Crippen molar-refractivity contribution in [3.63, 3.8) is 0 Å². The third-order valence-corrected chi connectivity index (χ3v) is 4.31. The molecule has 0 heterocycles. The number of benzene rings is 2. The van der Waals surface area contributed by atoms with Crippen molar-refractivity contribution in [2.24, 2.45) is 5.18 Å². The molecule has 0 aliphatic rings. The summed E-state index contributed by atoms with van der Waals surface area (Å²) >= 11 is 1.50. The lowest BCUT2D eigenvalue weighted by molar-refractivity contribution is -0.130. The Hall–Kier alpha value is -2.73. The molecule has 0 aliphatic heterocycles. The maximum atomic E-state index is 11.9. The van der Waals surface area contributed by atoms with Gasteiger partial charge < -0.3 is 4.74 Å². The maximum Gasteiger partial charge on any atom is 0.338 e. The summed E-state index contributed by atoms with van der Waals surface area (Å²) in [5, 5.41) is 2.75. The number of hydrogen-bond acceptors (Lipinski definition) is 6. The average Bonchev–Trinajstić information content (AvgIpc) is 2.62. The van der Waals surface area contributed by atoms with Gasteiger partial charge >= 0.3 is 5.97 Å². The second kappa shape index (κ2) is 8.39. The summed E-state index contributed by atoms with van der Waals surface area (Å²) in [7, 11) is 0. The lowest BCUT2D eigenvalue weighted by atomic mass is 10.1. The normalized spacial score (nSPS) is 11.4. The van der Waals surface area contributed by atoms with Gasteiger partial charge in [-0.3, -0.25) is 4.79 Å². The van der Waals surface area contributed by atoms with Gasteiger partial charge in [0, 0.05) is 20.9 Å². The van der Waals surface area contributed by atoms with Crippen LogP contribution in [0.15, 0.2) is 75.7 Å². The molecule has 5 nitrogen and oxygen atoms in total. The summed E-state index contributed by atoms with van der Waals surface area (Å²) in [5.74, 6) is -0.302. The fraction of sp³-hybridized carbons (Fsp3) is 0.158. The van der Waals surface area contributed by atoms with E-state index in [1.807, 2.05) is 24.3 Å². The highest BCUT2D eigenvalue weighted by atomic mass is 32.2. The quantitative estimate of drug-likeness (QED) is 0.237.